The number of benzene rings is 1. The second-order valence-electron chi connectivity index (χ2n) is 8.94. The molecule has 3 heterocycles. The average molecular weight is 441 g/mol. The Labute approximate surface area is 196 Å². The van der Waals surface area contributed by atoms with Crippen LogP contribution in [-0.4, -0.2) is 40.4 Å². The van der Waals surface area contributed by atoms with Crippen LogP contribution in [0, 0.1) is 12.3 Å². The zero-order chi connectivity index (χ0) is 23.1. The molecule has 1 aromatic carbocycles. The lowest BCUT2D eigenvalue weighted by Crippen LogP contribution is -2.53. The Hall–Kier alpha value is -3.31. The van der Waals surface area contributed by atoms with Crippen LogP contribution in [0.1, 0.15) is 29.8 Å². The van der Waals surface area contributed by atoms with Gasteiger partial charge in [-0.3, -0.25) is 19.7 Å². The predicted molar refractivity (Wildman–Crippen MR) is 133 cm³/mol. The SMILES string of the molecule is C=CCNC(=O)C1(Cc2ccccc2-c2cccnc2)CCCN(Cc2cccc(C)n2)C1. The second-order valence-corrected chi connectivity index (χ2v) is 8.94. The van der Waals surface area contributed by atoms with Gasteiger partial charge in [0.1, 0.15) is 0 Å². The van der Waals surface area contributed by atoms with E-state index in [1.807, 2.05) is 31.3 Å². The first-order valence-electron chi connectivity index (χ1n) is 11.6. The van der Waals surface area contributed by atoms with Crippen molar-refractivity contribution in [1.29, 1.82) is 0 Å². The van der Waals surface area contributed by atoms with Gasteiger partial charge in [0.05, 0.1) is 11.1 Å². The zero-order valence-electron chi connectivity index (χ0n) is 19.3. The normalized spacial score (nSPS) is 18.6. The minimum Gasteiger partial charge on any atom is -0.352 e. The fourth-order valence-corrected chi connectivity index (χ4v) is 4.88. The van der Waals surface area contributed by atoms with E-state index >= 15 is 0 Å². The summed E-state index contributed by atoms with van der Waals surface area (Å²) in [6.07, 6.45) is 7.93. The van der Waals surface area contributed by atoms with E-state index in [2.05, 4.69) is 63.2 Å². The summed E-state index contributed by atoms with van der Waals surface area (Å²) < 4.78 is 0. The van der Waals surface area contributed by atoms with Crippen molar-refractivity contribution in [1.82, 2.24) is 20.2 Å². The fourth-order valence-electron chi connectivity index (χ4n) is 4.88. The summed E-state index contributed by atoms with van der Waals surface area (Å²) in [6.45, 7) is 8.69. The van der Waals surface area contributed by atoms with E-state index in [4.69, 9.17) is 0 Å². The third-order valence-electron chi connectivity index (χ3n) is 6.39. The van der Waals surface area contributed by atoms with Crippen molar-refractivity contribution in [2.24, 2.45) is 5.41 Å². The molecule has 4 rings (SSSR count). The molecule has 1 saturated heterocycles. The Morgan fingerprint density at radius 3 is 2.85 bits per heavy atom. The largest absolute Gasteiger partial charge is 0.352 e. The van der Waals surface area contributed by atoms with Crippen LogP contribution in [0.25, 0.3) is 11.1 Å². The van der Waals surface area contributed by atoms with E-state index in [0.717, 1.165) is 48.4 Å². The molecule has 170 valence electrons. The van der Waals surface area contributed by atoms with Gasteiger partial charge in [-0.15, -0.1) is 6.58 Å². The van der Waals surface area contributed by atoms with E-state index in [1.165, 1.54) is 5.56 Å². The molecule has 1 unspecified atom stereocenters. The molecule has 0 saturated carbocycles. The quantitative estimate of drug-likeness (QED) is 0.521. The molecule has 1 N–H and O–H groups in total. The number of nitrogens with zero attached hydrogens (tertiary/aromatic N) is 3. The van der Waals surface area contributed by atoms with Gasteiger partial charge < -0.3 is 5.32 Å². The first-order valence-corrected chi connectivity index (χ1v) is 11.6. The van der Waals surface area contributed by atoms with E-state index in [-0.39, 0.29) is 5.91 Å². The zero-order valence-corrected chi connectivity index (χ0v) is 19.3. The van der Waals surface area contributed by atoms with Crippen molar-refractivity contribution in [2.45, 2.75) is 32.7 Å². The van der Waals surface area contributed by atoms with E-state index in [9.17, 15) is 4.79 Å². The minimum absolute atomic E-state index is 0.102. The molecule has 5 heteroatoms. The van der Waals surface area contributed by atoms with Crippen LogP contribution >= 0.6 is 0 Å². The molecule has 1 aliphatic heterocycles. The molecule has 0 aliphatic carbocycles. The van der Waals surface area contributed by atoms with Crippen LogP contribution in [0.5, 0.6) is 0 Å². The van der Waals surface area contributed by atoms with Crippen molar-refractivity contribution in [3.63, 3.8) is 0 Å². The number of pyridine rings is 2. The topological polar surface area (TPSA) is 58.1 Å². The van der Waals surface area contributed by atoms with Crippen LogP contribution in [0.15, 0.2) is 79.6 Å². The lowest BCUT2D eigenvalue weighted by molar-refractivity contribution is -0.134. The molecule has 1 amide bonds. The first-order chi connectivity index (χ1) is 16.1. The Morgan fingerprint density at radius 1 is 1.18 bits per heavy atom. The Bertz CT molecular complexity index is 1100. The number of likely N-dealkylation sites (tertiary alicyclic amines) is 1. The smallest absolute Gasteiger partial charge is 0.228 e. The molecule has 1 aliphatic rings. The van der Waals surface area contributed by atoms with Crippen LogP contribution in [0.2, 0.25) is 0 Å². The van der Waals surface area contributed by atoms with Crippen molar-refractivity contribution in [2.75, 3.05) is 19.6 Å². The van der Waals surface area contributed by atoms with Gasteiger partial charge in [-0.1, -0.05) is 42.5 Å². The molecule has 1 atom stereocenters. The van der Waals surface area contributed by atoms with Crippen LogP contribution in [0.3, 0.4) is 0 Å². The van der Waals surface area contributed by atoms with Crippen LogP contribution < -0.4 is 5.32 Å². The van der Waals surface area contributed by atoms with Gasteiger partial charge in [-0.2, -0.15) is 0 Å². The third kappa shape index (κ3) is 5.55. The third-order valence-corrected chi connectivity index (χ3v) is 6.39. The molecule has 2 aromatic heterocycles. The Balaban J connectivity index is 1.64. The molecular weight excluding hydrogens is 408 g/mol. The monoisotopic (exact) mass is 440 g/mol. The molecule has 1 fully saturated rings. The van der Waals surface area contributed by atoms with Gasteiger partial charge in [-0.05, 0) is 62.1 Å². The molecule has 0 radical (unpaired) electrons. The summed E-state index contributed by atoms with van der Waals surface area (Å²) >= 11 is 0. The number of hydrogen-bond donors (Lipinski definition) is 1. The number of carbonyl (C=O) groups excluding carboxylic acids is 1. The number of aryl methyl sites for hydroxylation is 1. The van der Waals surface area contributed by atoms with E-state index in [0.29, 0.717) is 19.5 Å². The number of piperidine rings is 1. The van der Waals surface area contributed by atoms with E-state index in [1.54, 1.807) is 12.3 Å². The minimum atomic E-state index is -0.511. The van der Waals surface area contributed by atoms with Crippen LogP contribution in [0.4, 0.5) is 0 Å². The first kappa shape index (κ1) is 22.9. The summed E-state index contributed by atoms with van der Waals surface area (Å²) in [5.74, 6) is 0.102. The summed E-state index contributed by atoms with van der Waals surface area (Å²) in [4.78, 5) is 24.9. The maximum atomic E-state index is 13.6. The fraction of sp³-hybridized carbons (Fsp3) is 0.321. The molecule has 5 nitrogen and oxygen atoms in total. The number of carbonyl (C=O) groups is 1. The Morgan fingerprint density at radius 2 is 2.06 bits per heavy atom. The van der Waals surface area contributed by atoms with Crippen molar-refractivity contribution in [3.8, 4) is 11.1 Å². The summed E-state index contributed by atoms with van der Waals surface area (Å²) in [6, 6.07) is 18.5. The highest BCUT2D eigenvalue weighted by Crippen LogP contribution is 2.37. The molecule has 33 heavy (non-hydrogen) atoms. The average Bonchev–Trinajstić information content (AvgIpc) is 2.83. The van der Waals surface area contributed by atoms with E-state index < -0.39 is 5.41 Å². The summed E-state index contributed by atoms with van der Waals surface area (Å²) in [5.41, 5.74) is 4.95. The standard InChI is InChI=1S/C28H32N4O/c1-3-15-30-27(33)28(14-8-17-32(21-28)20-25-12-6-9-22(2)31-25)18-23-10-4-5-13-26(23)24-11-7-16-29-19-24/h3-7,9-13,16,19H,1,8,14-15,17-18,20-21H2,2H3,(H,30,33). The van der Waals surface area contributed by atoms with Gasteiger partial charge in [0, 0.05) is 43.3 Å². The molecule has 0 bridgehead atoms. The van der Waals surface area contributed by atoms with Gasteiger partial charge in [-0.25, -0.2) is 0 Å². The number of nitrogens with one attached hydrogen (secondary N) is 1. The highest BCUT2D eigenvalue weighted by atomic mass is 16.2. The lowest BCUT2D eigenvalue weighted by atomic mass is 9.73. The summed E-state index contributed by atoms with van der Waals surface area (Å²) in [5, 5.41) is 3.10. The number of rotatable bonds is 8. The maximum absolute atomic E-state index is 13.6. The predicted octanol–water partition coefficient (Wildman–Crippen LogP) is 4.58. The molecule has 0 spiro atoms. The number of hydrogen-bond acceptors (Lipinski definition) is 4. The van der Waals surface area contributed by atoms with Gasteiger partial charge in [0.15, 0.2) is 0 Å². The molecule has 3 aromatic rings. The van der Waals surface area contributed by atoms with Gasteiger partial charge >= 0.3 is 0 Å². The van der Waals surface area contributed by atoms with Crippen molar-refractivity contribution < 1.29 is 4.79 Å². The number of aromatic nitrogens is 2. The summed E-state index contributed by atoms with van der Waals surface area (Å²) in [7, 11) is 0. The van der Waals surface area contributed by atoms with Gasteiger partial charge in [0.25, 0.3) is 0 Å². The van der Waals surface area contributed by atoms with Crippen LogP contribution in [-0.2, 0) is 17.8 Å². The van der Waals surface area contributed by atoms with Crippen molar-refractivity contribution >= 4 is 5.91 Å². The highest BCUT2D eigenvalue weighted by Gasteiger charge is 2.42. The number of amides is 1. The van der Waals surface area contributed by atoms with Crippen molar-refractivity contribution in [3.05, 3.63) is 96.6 Å². The molecular formula is C28H32N4O. The second kappa shape index (κ2) is 10.5. The highest BCUT2D eigenvalue weighted by molar-refractivity contribution is 5.84. The van der Waals surface area contributed by atoms with Gasteiger partial charge in [0.2, 0.25) is 5.91 Å². The lowest BCUT2D eigenvalue weighted by Gasteiger charge is -2.42. The maximum Gasteiger partial charge on any atom is 0.228 e. The Kier molecular flexibility index (Phi) is 7.30.